The molecule has 0 N–H and O–H groups in total. The summed E-state index contributed by atoms with van der Waals surface area (Å²) in [5.74, 6) is 0.757. The molecule has 0 atom stereocenters. The van der Waals surface area contributed by atoms with Gasteiger partial charge >= 0.3 is 0 Å². The zero-order valence-corrected chi connectivity index (χ0v) is 10.8. The summed E-state index contributed by atoms with van der Waals surface area (Å²) < 4.78 is 6.98. The number of aryl methyl sites for hydroxylation is 1. The van der Waals surface area contributed by atoms with Gasteiger partial charge in [0.1, 0.15) is 0 Å². The van der Waals surface area contributed by atoms with Crippen LogP contribution in [0.4, 0.5) is 0 Å². The molecular weight excluding hydrogens is 371 g/mol. The van der Waals surface area contributed by atoms with Crippen LogP contribution in [-0.4, -0.2) is 16.9 Å². The van der Waals surface area contributed by atoms with E-state index in [-0.39, 0.29) is 21.1 Å². The molecule has 0 aliphatic rings. The van der Waals surface area contributed by atoms with Gasteiger partial charge in [0.2, 0.25) is 5.88 Å². The number of para-hydroxylation sites is 1. The minimum absolute atomic E-state index is 0. The molecule has 0 saturated carbocycles. The maximum atomic E-state index is 5.25. The minimum atomic E-state index is 0. The first-order chi connectivity index (χ1) is 6.83. The molecule has 0 amide bonds. The molecule has 15 heavy (non-hydrogen) atoms. The summed E-state index contributed by atoms with van der Waals surface area (Å²) in [7, 11) is 1.64. The van der Waals surface area contributed by atoms with Gasteiger partial charge in [-0.05, 0) is 12.6 Å². The second kappa shape index (κ2) is 5.13. The monoisotopic (exact) mass is 382 g/mol. The summed E-state index contributed by atoms with van der Waals surface area (Å²) in [6, 6.07) is 10.8. The fraction of sp³-hybridized carbons (Fsp3) is 0.182. The van der Waals surface area contributed by atoms with Crippen LogP contribution in [-0.2, 0) is 21.1 Å². The Bertz CT molecular complexity index is 425. The number of rotatable bonds is 2. The van der Waals surface area contributed by atoms with E-state index in [4.69, 9.17) is 4.74 Å². The van der Waals surface area contributed by atoms with Gasteiger partial charge in [0.25, 0.3) is 0 Å². The predicted octanol–water partition coefficient (Wildman–Crippen LogP) is 1.99. The first-order valence-electron chi connectivity index (χ1n) is 4.38. The molecule has 0 spiro atoms. The van der Waals surface area contributed by atoms with Crippen LogP contribution < -0.4 is 4.74 Å². The summed E-state index contributed by atoms with van der Waals surface area (Å²) in [6.07, 6.45) is 1.78. The molecule has 0 fully saturated rings. The first-order valence-corrected chi connectivity index (χ1v) is 4.38. The van der Waals surface area contributed by atoms with Crippen LogP contribution in [0.3, 0.4) is 0 Å². The van der Waals surface area contributed by atoms with E-state index in [9.17, 15) is 0 Å². The molecule has 4 heteroatoms. The van der Waals surface area contributed by atoms with Gasteiger partial charge in [-0.3, -0.25) is 0 Å². The van der Waals surface area contributed by atoms with Crippen LogP contribution in [0.15, 0.2) is 30.5 Å². The molecule has 0 saturated heterocycles. The van der Waals surface area contributed by atoms with Crippen molar-refractivity contribution < 1.29 is 25.8 Å². The Kier molecular flexibility index (Phi) is 4.10. The minimum Gasteiger partial charge on any atom is -0.481 e. The van der Waals surface area contributed by atoms with Crippen molar-refractivity contribution in [1.82, 2.24) is 9.78 Å². The van der Waals surface area contributed by atoms with Gasteiger partial charge in [-0.1, -0.05) is 0 Å². The van der Waals surface area contributed by atoms with Gasteiger partial charge in [0.15, 0.2) is 0 Å². The molecule has 0 aliphatic heterocycles. The maximum Gasteiger partial charge on any atom is 0.217 e. The van der Waals surface area contributed by atoms with Crippen LogP contribution >= 0.6 is 0 Å². The molecule has 82 valence electrons. The zero-order valence-electron chi connectivity index (χ0n) is 8.51. The second-order valence-electron chi connectivity index (χ2n) is 3.00. The number of aromatic nitrogens is 2. The van der Waals surface area contributed by atoms with Crippen LogP contribution in [0.2, 0.25) is 0 Å². The van der Waals surface area contributed by atoms with E-state index in [1.54, 1.807) is 18.0 Å². The van der Waals surface area contributed by atoms with E-state index in [0.717, 1.165) is 17.1 Å². The molecule has 0 radical (unpaired) electrons. The topological polar surface area (TPSA) is 27.1 Å². The molecular formula is C11H11N2OPt-. The third kappa shape index (κ3) is 2.29. The standard InChI is InChI=1S/C11H11N2O.Pt/c1-9-8-12-13(11(9)14-2)10-6-4-3-5-7-10;/h3-6,8H,1-2H3;/q-1;. The average Bonchev–Trinajstić information content (AvgIpc) is 2.61. The van der Waals surface area contributed by atoms with Crippen molar-refractivity contribution in [3.8, 4) is 11.6 Å². The van der Waals surface area contributed by atoms with Crippen molar-refractivity contribution in [3.63, 3.8) is 0 Å². The Labute approximate surface area is 103 Å². The fourth-order valence-corrected chi connectivity index (χ4v) is 1.35. The van der Waals surface area contributed by atoms with E-state index in [1.165, 1.54) is 0 Å². The fourth-order valence-electron chi connectivity index (χ4n) is 1.35. The summed E-state index contributed by atoms with van der Waals surface area (Å²) in [5.41, 5.74) is 1.90. The van der Waals surface area contributed by atoms with E-state index < -0.39 is 0 Å². The van der Waals surface area contributed by atoms with E-state index >= 15 is 0 Å². The number of benzene rings is 1. The summed E-state index contributed by atoms with van der Waals surface area (Å²) in [6.45, 7) is 1.96. The normalized spacial score (nSPS) is 9.47. The number of hydrogen-bond donors (Lipinski definition) is 0. The molecule has 1 aromatic carbocycles. The van der Waals surface area contributed by atoms with Gasteiger partial charge in [0, 0.05) is 26.6 Å². The predicted molar refractivity (Wildman–Crippen MR) is 53.7 cm³/mol. The van der Waals surface area contributed by atoms with Crippen molar-refractivity contribution in [2.45, 2.75) is 6.92 Å². The quantitative estimate of drug-likeness (QED) is 0.743. The molecule has 0 unspecified atom stereocenters. The van der Waals surface area contributed by atoms with Gasteiger partial charge in [-0.2, -0.15) is 29.4 Å². The zero-order chi connectivity index (χ0) is 9.97. The Morgan fingerprint density at radius 2 is 2.20 bits per heavy atom. The molecule has 2 rings (SSSR count). The van der Waals surface area contributed by atoms with E-state index in [1.807, 2.05) is 31.2 Å². The van der Waals surface area contributed by atoms with E-state index in [0.29, 0.717) is 0 Å². The van der Waals surface area contributed by atoms with Crippen LogP contribution in [0.25, 0.3) is 5.69 Å². The molecule has 1 heterocycles. The third-order valence-electron chi connectivity index (χ3n) is 2.01. The van der Waals surface area contributed by atoms with Crippen LogP contribution in [0.1, 0.15) is 5.56 Å². The largest absolute Gasteiger partial charge is 0.481 e. The Morgan fingerprint density at radius 3 is 2.80 bits per heavy atom. The summed E-state index contributed by atoms with van der Waals surface area (Å²) in [5, 5.41) is 4.22. The van der Waals surface area contributed by atoms with Crippen molar-refractivity contribution >= 4 is 0 Å². The summed E-state index contributed by atoms with van der Waals surface area (Å²) >= 11 is 0. The van der Waals surface area contributed by atoms with Gasteiger partial charge in [-0.25, -0.2) is 4.68 Å². The van der Waals surface area contributed by atoms with Crippen molar-refractivity contribution in [2.75, 3.05) is 7.11 Å². The summed E-state index contributed by atoms with van der Waals surface area (Å²) in [4.78, 5) is 0. The SMILES string of the molecule is COc1c(C)cnn1-c1[c-]cccc1.[Pt]. The Hall–Kier alpha value is -1.08. The smallest absolute Gasteiger partial charge is 0.217 e. The molecule has 0 aliphatic carbocycles. The maximum absolute atomic E-state index is 5.25. The molecule has 1 aromatic heterocycles. The van der Waals surface area contributed by atoms with Crippen molar-refractivity contribution in [2.24, 2.45) is 0 Å². The molecule has 0 bridgehead atoms. The van der Waals surface area contributed by atoms with Crippen LogP contribution in [0, 0.1) is 13.0 Å². The van der Waals surface area contributed by atoms with E-state index in [2.05, 4.69) is 11.2 Å². The first kappa shape index (κ1) is 12.0. The second-order valence-corrected chi connectivity index (χ2v) is 3.00. The number of methoxy groups -OCH3 is 1. The Balaban J connectivity index is 0.00000112. The average molecular weight is 382 g/mol. The van der Waals surface area contributed by atoms with Crippen LogP contribution in [0.5, 0.6) is 5.88 Å². The van der Waals surface area contributed by atoms with Gasteiger partial charge in [-0.15, -0.1) is 6.07 Å². The van der Waals surface area contributed by atoms with Crippen molar-refractivity contribution in [3.05, 3.63) is 42.1 Å². The number of ether oxygens (including phenoxy) is 1. The number of nitrogens with zero attached hydrogens (tertiary/aromatic N) is 2. The van der Waals surface area contributed by atoms with Crippen molar-refractivity contribution in [1.29, 1.82) is 0 Å². The van der Waals surface area contributed by atoms with Gasteiger partial charge in [0.05, 0.1) is 13.3 Å². The molecule has 3 nitrogen and oxygen atoms in total. The Morgan fingerprint density at radius 1 is 1.40 bits per heavy atom. The van der Waals surface area contributed by atoms with Gasteiger partial charge < -0.3 is 4.74 Å². The number of hydrogen-bond acceptors (Lipinski definition) is 2. The molecule has 2 aromatic rings. The third-order valence-corrected chi connectivity index (χ3v) is 2.01.